The van der Waals surface area contributed by atoms with Gasteiger partial charge in [0.2, 0.25) is 0 Å². The maximum atomic E-state index is 12.2. The molecule has 2 rings (SSSR count). The summed E-state index contributed by atoms with van der Waals surface area (Å²) in [5, 5.41) is 4.56. The molecule has 0 aliphatic heterocycles. The summed E-state index contributed by atoms with van der Waals surface area (Å²) in [6.45, 7) is 5.46. The molecule has 2 unspecified atom stereocenters. The van der Waals surface area contributed by atoms with Crippen molar-refractivity contribution in [3.63, 3.8) is 0 Å². The van der Waals surface area contributed by atoms with Gasteiger partial charge in [0.05, 0.1) is 12.5 Å². The highest BCUT2D eigenvalue weighted by molar-refractivity contribution is 7.07. The van der Waals surface area contributed by atoms with Gasteiger partial charge in [-0.15, -0.1) is 0 Å². The smallest absolute Gasteiger partial charge is 0.308 e. The molecular formula is C18H22N2O4S. The van der Waals surface area contributed by atoms with Crippen LogP contribution >= 0.6 is 11.3 Å². The number of aromatic nitrogens is 1. The Kier molecular flexibility index (Phi) is 6.52. The van der Waals surface area contributed by atoms with E-state index in [-0.39, 0.29) is 29.8 Å². The van der Waals surface area contributed by atoms with Crippen LogP contribution in [0.4, 0.5) is 0 Å². The molecule has 0 saturated heterocycles. The molecule has 1 aromatic carbocycles. The van der Waals surface area contributed by atoms with Crippen molar-refractivity contribution >= 4 is 23.2 Å². The highest BCUT2D eigenvalue weighted by atomic mass is 32.1. The largest absolute Gasteiger partial charge is 0.452 e. The molecule has 0 fully saturated rings. The van der Waals surface area contributed by atoms with Crippen LogP contribution in [0, 0.1) is 6.92 Å². The predicted molar refractivity (Wildman–Crippen MR) is 96.5 cm³/mol. The molecule has 0 aliphatic carbocycles. The molecule has 0 aliphatic rings. The highest BCUT2D eigenvalue weighted by Gasteiger charge is 2.20. The summed E-state index contributed by atoms with van der Waals surface area (Å²) in [6, 6.07) is 9.36. The van der Waals surface area contributed by atoms with E-state index in [1.54, 1.807) is 5.38 Å². The van der Waals surface area contributed by atoms with E-state index in [0.717, 1.165) is 22.6 Å². The van der Waals surface area contributed by atoms with Gasteiger partial charge >= 0.3 is 10.8 Å². The zero-order valence-electron chi connectivity index (χ0n) is 14.5. The molecule has 1 N–H and O–H groups in total. The van der Waals surface area contributed by atoms with Crippen LogP contribution in [0.3, 0.4) is 0 Å². The summed E-state index contributed by atoms with van der Waals surface area (Å²) < 4.78 is 6.69. The number of esters is 1. The Morgan fingerprint density at radius 3 is 2.52 bits per heavy atom. The lowest BCUT2D eigenvalue weighted by molar-refractivity contribution is -0.155. The Hall–Kier alpha value is -2.41. The zero-order chi connectivity index (χ0) is 18.4. The Morgan fingerprint density at radius 1 is 1.24 bits per heavy atom. The van der Waals surface area contributed by atoms with Crippen molar-refractivity contribution in [1.82, 2.24) is 9.88 Å². The molecular weight excluding hydrogens is 340 g/mol. The molecule has 0 radical (unpaired) electrons. The monoisotopic (exact) mass is 362 g/mol. The molecule has 0 bridgehead atoms. The van der Waals surface area contributed by atoms with Crippen LogP contribution in [0.5, 0.6) is 0 Å². The van der Waals surface area contributed by atoms with Gasteiger partial charge < -0.3 is 14.6 Å². The summed E-state index contributed by atoms with van der Waals surface area (Å²) in [6.07, 6.45) is -0.845. The molecule has 1 heterocycles. The SMILES string of the molecule is Cc1csc(=O)n1CCC(=O)OC(C)C(=O)NC(C)c1ccccc1. The van der Waals surface area contributed by atoms with E-state index >= 15 is 0 Å². The number of hydrogen-bond acceptors (Lipinski definition) is 5. The van der Waals surface area contributed by atoms with E-state index in [9.17, 15) is 14.4 Å². The second-order valence-electron chi connectivity index (χ2n) is 5.82. The average Bonchev–Trinajstić information content (AvgIpc) is 2.91. The van der Waals surface area contributed by atoms with E-state index in [1.165, 1.54) is 11.5 Å². The van der Waals surface area contributed by atoms with Gasteiger partial charge in [0.25, 0.3) is 5.91 Å². The number of hydrogen-bond donors (Lipinski definition) is 1. The lowest BCUT2D eigenvalue weighted by Crippen LogP contribution is -2.37. The minimum Gasteiger partial charge on any atom is -0.452 e. The summed E-state index contributed by atoms with van der Waals surface area (Å²) in [5.41, 5.74) is 1.78. The van der Waals surface area contributed by atoms with Crippen molar-refractivity contribution in [2.75, 3.05) is 0 Å². The summed E-state index contributed by atoms with van der Waals surface area (Å²) in [4.78, 5) is 35.6. The van der Waals surface area contributed by atoms with E-state index in [2.05, 4.69) is 5.32 Å². The van der Waals surface area contributed by atoms with Crippen molar-refractivity contribution in [3.8, 4) is 0 Å². The van der Waals surface area contributed by atoms with Crippen molar-refractivity contribution < 1.29 is 14.3 Å². The second kappa shape index (κ2) is 8.62. The van der Waals surface area contributed by atoms with Crippen LogP contribution in [0.1, 0.15) is 37.6 Å². The minimum atomic E-state index is -0.890. The number of amides is 1. The minimum absolute atomic E-state index is 0.0450. The first kappa shape index (κ1) is 18.9. The van der Waals surface area contributed by atoms with Gasteiger partial charge in [0.15, 0.2) is 6.10 Å². The van der Waals surface area contributed by atoms with E-state index < -0.39 is 12.1 Å². The summed E-state index contributed by atoms with van der Waals surface area (Å²) >= 11 is 1.10. The molecule has 25 heavy (non-hydrogen) atoms. The third kappa shape index (κ3) is 5.29. The number of thiazole rings is 1. The first-order chi connectivity index (χ1) is 11.9. The number of carbonyl (C=O) groups is 2. The van der Waals surface area contributed by atoms with E-state index in [1.807, 2.05) is 44.2 Å². The van der Waals surface area contributed by atoms with Gasteiger partial charge in [-0.05, 0) is 26.3 Å². The molecule has 6 nitrogen and oxygen atoms in total. The number of ether oxygens (including phenoxy) is 1. The second-order valence-corrected chi connectivity index (χ2v) is 6.64. The molecule has 1 amide bonds. The first-order valence-corrected chi connectivity index (χ1v) is 8.96. The standard InChI is InChI=1S/C18H22N2O4S/c1-12-11-25-18(23)20(12)10-9-16(21)24-14(3)17(22)19-13(2)15-7-5-4-6-8-15/h4-8,11,13-14H,9-10H2,1-3H3,(H,19,22). The highest BCUT2D eigenvalue weighted by Crippen LogP contribution is 2.11. The van der Waals surface area contributed by atoms with Crippen LogP contribution in [0.15, 0.2) is 40.5 Å². The van der Waals surface area contributed by atoms with Gasteiger partial charge in [-0.25, -0.2) is 0 Å². The Labute approximate surface area is 150 Å². The quantitative estimate of drug-likeness (QED) is 0.768. The number of benzene rings is 1. The van der Waals surface area contributed by atoms with Crippen molar-refractivity contribution in [2.45, 2.75) is 45.9 Å². The topological polar surface area (TPSA) is 77.4 Å². The van der Waals surface area contributed by atoms with Crippen LogP contribution in [-0.2, 0) is 20.9 Å². The Bertz CT molecular complexity index is 782. The summed E-state index contributed by atoms with van der Waals surface area (Å²) in [7, 11) is 0. The van der Waals surface area contributed by atoms with Crippen LogP contribution in [-0.4, -0.2) is 22.5 Å². The van der Waals surface area contributed by atoms with Crippen molar-refractivity contribution in [2.24, 2.45) is 0 Å². The maximum Gasteiger partial charge on any atom is 0.308 e. The van der Waals surface area contributed by atoms with Crippen LogP contribution in [0.25, 0.3) is 0 Å². The van der Waals surface area contributed by atoms with Gasteiger partial charge in [-0.2, -0.15) is 0 Å². The lowest BCUT2D eigenvalue weighted by atomic mass is 10.1. The fraction of sp³-hybridized carbons (Fsp3) is 0.389. The van der Waals surface area contributed by atoms with Crippen LogP contribution < -0.4 is 10.2 Å². The van der Waals surface area contributed by atoms with Gasteiger partial charge in [-0.1, -0.05) is 41.7 Å². The van der Waals surface area contributed by atoms with Crippen LogP contribution in [0.2, 0.25) is 0 Å². The van der Waals surface area contributed by atoms with Crippen molar-refractivity contribution in [3.05, 3.63) is 56.6 Å². The lowest BCUT2D eigenvalue weighted by Gasteiger charge is -2.18. The number of rotatable bonds is 7. The number of carbonyl (C=O) groups excluding carboxylic acids is 2. The fourth-order valence-electron chi connectivity index (χ4n) is 2.34. The molecule has 2 aromatic rings. The molecule has 7 heteroatoms. The molecule has 0 spiro atoms. The van der Waals surface area contributed by atoms with Gasteiger partial charge in [0, 0.05) is 17.6 Å². The predicted octanol–water partition coefficient (Wildman–Crippen LogP) is 2.42. The molecule has 134 valence electrons. The third-order valence-electron chi connectivity index (χ3n) is 3.85. The molecule has 1 aromatic heterocycles. The normalized spacial score (nSPS) is 13.1. The first-order valence-electron chi connectivity index (χ1n) is 8.08. The third-order valence-corrected chi connectivity index (χ3v) is 4.73. The van der Waals surface area contributed by atoms with E-state index in [0.29, 0.717) is 0 Å². The number of nitrogens with zero attached hydrogens (tertiary/aromatic N) is 1. The fourth-order valence-corrected chi connectivity index (χ4v) is 3.10. The zero-order valence-corrected chi connectivity index (χ0v) is 15.3. The van der Waals surface area contributed by atoms with Crippen molar-refractivity contribution in [1.29, 1.82) is 0 Å². The van der Waals surface area contributed by atoms with Gasteiger partial charge in [0.1, 0.15) is 0 Å². The molecule has 0 saturated carbocycles. The van der Waals surface area contributed by atoms with Gasteiger partial charge in [-0.3, -0.25) is 14.4 Å². The maximum absolute atomic E-state index is 12.2. The average molecular weight is 362 g/mol. The van der Waals surface area contributed by atoms with E-state index in [4.69, 9.17) is 4.74 Å². The number of aryl methyl sites for hydroxylation is 1. The Morgan fingerprint density at radius 2 is 1.92 bits per heavy atom. The summed E-state index contributed by atoms with van der Waals surface area (Å²) in [5.74, 6) is -0.860. The molecule has 2 atom stereocenters. The Balaban J connectivity index is 1.82. The number of nitrogens with one attached hydrogen (secondary N) is 1.